The standard InChI is InChI=1S/C18H27NO3/c1-5-11-19-17(21)14(2)18(3,4)12-16(20)22-13-15-9-7-6-8-10-15/h6-10,14H,5,11-13H2,1-4H3,(H,19,21)/t14-/m0/s1. The van der Waals surface area contributed by atoms with E-state index >= 15 is 0 Å². The van der Waals surface area contributed by atoms with E-state index in [1.807, 2.05) is 58.0 Å². The molecule has 1 aromatic carbocycles. The molecule has 0 saturated heterocycles. The molecular weight excluding hydrogens is 278 g/mol. The lowest BCUT2D eigenvalue weighted by atomic mass is 9.76. The van der Waals surface area contributed by atoms with E-state index in [2.05, 4.69) is 5.32 Å². The van der Waals surface area contributed by atoms with Crippen LogP contribution >= 0.6 is 0 Å². The van der Waals surface area contributed by atoms with Gasteiger partial charge in [-0.05, 0) is 17.4 Å². The van der Waals surface area contributed by atoms with Crippen molar-refractivity contribution in [2.24, 2.45) is 11.3 Å². The van der Waals surface area contributed by atoms with Crippen LogP contribution in [-0.4, -0.2) is 18.4 Å². The number of amides is 1. The maximum Gasteiger partial charge on any atom is 0.306 e. The minimum Gasteiger partial charge on any atom is -0.461 e. The summed E-state index contributed by atoms with van der Waals surface area (Å²) in [4.78, 5) is 24.1. The van der Waals surface area contributed by atoms with Crippen molar-refractivity contribution in [1.82, 2.24) is 5.32 Å². The van der Waals surface area contributed by atoms with E-state index < -0.39 is 5.41 Å². The lowest BCUT2D eigenvalue weighted by Gasteiger charge is -2.29. The first-order chi connectivity index (χ1) is 10.4. The second-order valence-corrected chi connectivity index (χ2v) is 6.32. The van der Waals surface area contributed by atoms with E-state index in [1.165, 1.54) is 0 Å². The Morgan fingerprint density at radius 1 is 1.23 bits per heavy atom. The molecule has 1 N–H and O–H groups in total. The lowest BCUT2D eigenvalue weighted by Crippen LogP contribution is -2.39. The molecule has 0 aliphatic rings. The molecule has 4 nitrogen and oxygen atoms in total. The second kappa shape index (κ2) is 8.57. The van der Waals surface area contributed by atoms with Crippen LogP contribution < -0.4 is 5.32 Å². The Labute approximate surface area is 133 Å². The highest BCUT2D eigenvalue weighted by Gasteiger charge is 2.33. The molecule has 0 saturated carbocycles. The van der Waals surface area contributed by atoms with Gasteiger partial charge in [0.1, 0.15) is 6.61 Å². The first kappa shape index (κ1) is 18.2. The molecule has 0 heterocycles. The van der Waals surface area contributed by atoms with Gasteiger partial charge in [0.15, 0.2) is 0 Å². The number of carbonyl (C=O) groups is 2. The monoisotopic (exact) mass is 305 g/mol. The Morgan fingerprint density at radius 3 is 2.45 bits per heavy atom. The molecule has 1 rings (SSSR count). The minimum absolute atomic E-state index is 0.0114. The van der Waals surface area contributed by atoms with Crippen molar-refractivity contribution >= 4 is 11.9 Å². The molecule has 0 bridgehead atoms. The molecule has 0 aliphatic carbocycles. The number of carbonyl (C=O) groups excluding carboxylic acids is 2. The Morgan fingerprint density at radius 2 is 1.86 bits per heavy atom. The van der Waals surface area contributed by atoms with Gasteiger partial charge in [-0.15, -0.1) is 0 Å². The molecule has 1 amide bonds. The zero-order valence-electron chi connectivity index (χ0n) is 14.0. The van der Waals surface area contributed by atoms with E-state index in [0.29, 0.717) is 6.54 Å². The van der Waals surface area contributed by atoms with E-state index in [9.17, 15) is 9.59 Å². The summed E-state index contributed by atoms with van der Waals surface area (Å²) in [5.41, 5.74) is 0.522. The number of rotatable bonds is 8. The summed E-state index contributed by atoms with van der Waals surface area (Å²) >= 11 is 0. The number of hydrogen-bond donors (Lipinski definition) is 1. The van der Waals surface area contributed by atoms with Gasteiger partial charge < -0.3 is 10.1 Å². The van der Waals surface area contributed by atoms with Gasteiger partial charge in [0.2, 0.25) is 5.91 Å². The minimum atomic E-state index is -0.439. The summed E-state index contributed by atoms with van der Waals surface area (Å²) < 4.78 is 5.30. The number of nitrogens with one attached hydrogen (secondary N) is 1. The van der Waals surface area contributed by atoms with Gasteiger partial charge >= 0.3 is 5.97 Å². The number of esters is 1. The van der Waals surface area contributed by atoms with Crippen molar-refractivity contribution in [2.45, 2.75) is 47.1 Å². The largest absolute Gasteiger partial charge is 0.461 e. The highest BCUT2D eigenvalue weighted by Crippen LogP contribution is 2.31. The van der Waals surface area contributed by atoms with Crippen LogP contribution in [0, 0.1) is 11.3 Å². The molecule has 22 heavy (non-hydrogen) atoms. The molecule has 0 aromatic heterocycles. The highest BCUT2D eigenvalue weighted by molar-refractivity contribution is 5.80. The van der Waals surface area contributed by atoms with Crippen LogP contribution in [0.5, 0.6) is 0 Å². The molecule has 0 aliphatic heterocycles. The average molecular weight is 305 g/mol. The molecule has 0 radical (unpaired) electrons. The summed E-state index contributed by atoms with van der Waals surface area (Å²) in [6.45, 7) is 8.65. The topological polar surface area (TPSA) is 55.4 Å². The van der Waals surface area contributed by atoms with Gasteiger partial charge in [0.25, 0.3) is 0 Å². The summed E-state index contributed by atoms with van der Waals surface area (Å²) in [7, 11) is 0. The number of benzene rings is 1. The summed E-state index contributed by atoms with van der Waals surface area (Å²) in [5, 5.41) is 2.88. The van der Waals surface area contributed by atoms with Crippen molar-refractivity contribution in [2.75, 3.05) is 6.54 Å². The van der Waals surface area contributed by atoms with Crippen LogP contribution in [0.15, 0.2) is 30.3 Å². The Bertz CT molecular complexity index is 482. The molecule has 122 valence electrons. The quantitative estimate of drug-likeness (QED) is 0.750. The van der Waals surface area contributed by atoms with E-state index in [0.717, 1.165) is 12.0 Å². The smallest absolute Gasteiger partial charge is 0.306 e. The molecule has 0 spiro atoms. The van der Waals surface area contributed by atoms with Crippen LogP contribution in [0.3, 0.4) is 0 Å². The number of hydrogen-bond acceptors (Lipinski definition) is 3. The summed E-state index contributed by atoms with van der Waals surface area (Å²) in [6.07, 6.45) is 1.12. The molecule has 4 heteroatoms. The van der Waals surface area contributed by atoms with Crippen molar-refractivity contribution in [1.29, 1.82) is 0 Å². The van der Waals surface area contributed by atoms with Crippen LogP contribution in [0.1, 0.15) is 46.1 Å². The van der Waals surface area contributed by atoms with Crippen molar-refractivity contribution < 1.29 is 14.3 Å². The molecular formula is C18H27NO3. The molecule has 0 unspecified atom stereocenters. The van der Waals surface area contributed by atoms with Gasteiger partial charge in [-0.25, -0.2) is 0 Å². The van der Waals surface area contributed by atoms with Gasteiger partial charge in [-0.3, -0.25) is 9.59 Å². The maximum absolute atomic E-state index is 12.0. The predicted octanol–water partition coefficient (Wildman–Crippen LogP) is 3.31. The highest BCUT2D eigenvalue weighted by atomic mass is 16.5. The van der Waals surface area contributed by atoms with Crippen molar-refractivity contribution in [3.8, 4) is 0 Å². The first-order valence-electron chi connectivity index (χ1n) is 7.84. The van der Waals surface area contributed by atoms with Gasteiger partial charge in [0.05, 0.1) is 6.42 Å². The van der Waals surface area contributed by atoms with E-state index in [4.69, 9.17) is 4.74 Å². The zero-order chi connectivity index (χ0) is 16.6. The third-order valence-corrected chi connectivity index (χ3v) is 3.96. The molecule has 1 aromatic rings. The summed E-state index contributed by atoms with van der Waals surface area (Å²) in [6, 6.07) is 9.57. The predicted molar refractivity (Wildman–Crippen MR) is 87.1 cm³/mol. The second-order valence-electron chi connectivity index (χ2n) is 6.32. The fourth-order valence-corrected chi connectivity index (χ4v) is 2.07. The number of ether oxygens (including phenoxy) is 1. The normalized spacial score (nSPS) is 12.5. The van der Waals surface area contributed by atoms with Crippen LogP contribution in [0.2, 0.25) is 0 Å². The van der Waals surface area contributed by atoms with Gasteiger partial charge in [0, 0.05) is 12.5 Å². The Hall–Kier alpha value is -1.84. The van der Waals surface area contributed by atoms with Crippen LogP contribution in [-0.2, 0) is 20.9 Å². The summed E-state index contributed by atoms with van der Waals surface area (Å²) in [5.74, 6) is -0.532. The molecule has 0 fully saturated rings. The van der Waals surface area contributed by atoms with E-state index in [-0.39, 0.29) is 30.8 Å². The Kier molecular flexibility index (Phi) is 7.09. The average Bonchev–Trinajstić information content (AvgIpc) is 2.50. The van der Waals surface area contributed by atoms with Gasteiger partial charge in [-0.1, -0.05) is 58.0 Å². The zero-order valence-corrected chi connectivity index (χ0v) is 14.0. The van der Waals surface area contributed by atoms with E-state index in [1.54, 1.807) is 0 Å². The maximum atomic E-state index is 12.0. The van der Waals surface area contributed by atoms with Crippen molar-refractivity contribution in [3.63, 3.8) is 0 Å². The third-order valence-electron chi connectivity index (χ3n) is 3.96. The SMILES string of the molecule is CCCNC(=O)[C@H](C)C(C)(C)CC(=O)OCc1ccccc1. The van der Waals surface area contributed by atoms with Crippen LogP contribution in [0.25, 0.3) is 0 Å². The van der Waals surface area contributed by atoms with Crippen LogP contribution in [0.4, 0.5) is 0 Å². The van der Waals surface area contributed by atoms with Crippen molar-refractivity contribution in [3.05, 3.63) is 35.9 Å². The Balaban J connectivity index is 2.48. The first-order valence-corrected chi connectivity index (χ1v) is 7.84. The molecule has 1 atom stereocenters. The fraction of sp³-hybridized carbons (Fsp3) is 0.556. The fourth-order valence-electron chi connectivity index (χ4n) is 2.07. The lowest BCUT2D eigenvalue weighted by molar-refractivity contribution is -0.148. The third kappa shape index (κ3) is 5.88. The van der Waals surface area contributed by atoms with Gasteiger partial charge in [-0.2, -0.15) is 0 Å².